The summed E-state index contributed by atoms with van der Waals surface area (Å²) in [5, 5.41) is 14.1. The summed E-state index contributed by atoms with van der Waals surface area (Å²) >= 11 is 0. The highest BCUT2D eigenvalue weighted by Crippen LogP contribution is 2.19. The average Bonchev–Trinajstić information content (AvgIpc) is 3.01. The Morgan fingerprint density at radius 2 is 1.95 bits per heavy atom. The van der Waals surface area contributed by atoms with Crippen molar-refractivity contribution in [2.75, 3.05) is 26.2 Å². The van der Waals surface area contributed by atoms with Crippen LogP contribution < -0.4 is 10.6 Å². The molecule has 2 aliphatic rings. The van der Waals surface area contributed by atoms with E-state index in [1.807, 2.05) is 4.90 Å². The largest absolute Gasteiger partial charge is 0.396 e. The van der Waals surface area contributed by atoms with E-state index in [1.165, 1.54) is 0 Å². The van der Waals surface area contributed by atoms with Crippen LogP contribution in [0.5, 0.6) is 0 Å². The first-order valence-corrected chi connectivity index (χ1v) is 7.61. The molecule has 1 aliphatic heterocycles. The van der Waals surface area contributed by atoms with Gasteiger partial charge in [-0.2, -0.15) is 0 Å². The van der Waals surface area contributed by atoms with Gasteiger partial charge in [0.25, 0.3) is 0 Å². The molecular formula is C14H25N3O3. The number of nitrogens with one attached hydrogen (secondary N) is 2. The second-order valence-corrected chi connectivity index (χ2v) is 5.91. The molecule has 1 aliphatic carbocycles. The second kappa shape index (κ2) is 7.59. The van der Waals surface area contributed by atoms with E-state index in [9.17, 15) is 9.59 Å². The SMILES string of the molecule is O=C(CN1CCC(CCO)C1)NC(=O)NC1CCCC1. The van der Waals surface area contributed by atoms with Gasteiger partial charge in [0.2, 0.25) is 5.91 Å². The number of aliphatic hydroxyl groups is 1. The molecule has 0 spiro atoms. The number of carbonyl (C=O) groups excluding carboxylic acids is 2. The molecule has 3 N–H and O–H groups in total. The first-order chi connectivity index (χ1) is 9.67. The van der Waals surface area contributed by atoms with Gasteiger partial charge in [0.15, 0.2) is 0 Å². The Bertz CT molecular complexity index is 343. The zero-order valence-corrected chi connectivity index (χ0v) is 11.9. The minimum Gasteiger partial charge on any atom is -0.396 e. The van der Waals surface area contributed by atoms with Gasteiger partial charge in [-0.3, -0.25) is 15.0 Å². The van der Waals surface area contributed by atoms with Crippen LogP contribution in [0.4, 0.5) is 4.79 Å². The molecule has 20 heavy (non-hydrogen) atoms. The van der Waals surface area contributed by atoms with E-state index in [-0.39, 0.29) is 31.1 Å². The molecule has 0 radical (unpaired) electrons. The molecule has 2 rings (SSSR count). The van der Waals surface area contributed by atoms with Crippen molar-refractivity contribution in [2.24, 2.45) is 5.92 Å². The quantitative estimate of drug-likeness (QED) is 0.684. The maximum atomic E-state index is 11.8. The number of rotatable bonds is 5. The summed E-state index contributed by atoms with van der Waals surface area (Å²) < 4.78 is 0. The van der Waals surface area contributed by atoms with Gasteiger partial charge in [0.1, 0.15) is 0 Å². The molecule has 2 fully saturated rings. The minimum atomic E-state index is -0.368. The standard InChI is InChI=1S/C14H25N3O3/c18-8-6-11-5-7-17(9-11)10-13(19)16-14(20)15-12-3-1-2-4-12/h11-12,18H,1-10H2,(H2,15,16,19,20). The van der Waals surface area contributed by atoms with Gasteiger partial charge < -0.3 is 10.4 Å². The van der Waals surface area contributed by atoms with Gasteiger partial charge in [-0.25, -0.2) is 4.79 Å². The Hall–Kier alpha value is -1.14. The average molecular weight is 283 g/mol. The highest BCUT2D eigenvalue weighted by molar-refractivity contribution is 5.95. The van der Waals surface area contributed by atoms with Crippen molar-refractivity contribution >= 4 is 11.9 Å². The Kier molecular flexibility index (Phi) is 5.79. The van der Waals surface area contributed by atoms with Crippen molar-refractivity contribution in [2.45, 2.75) is 44.6 Å². The zero-order chi connectivity index (χ0) is 14.4. The van der Waals surface area contributed by atoms with Crippen LogP contribution in [-0.4, -0.2) is 54.2 Å². The minimum absolute atomic E-state index is 0.203. The molecule has 1 atom stereocenters. The number of nitrogens with zero attached hydrogens (tertiary/aromatic N) is 1. The van der Waals surface area contributed by atoms with E-state index >= 15 is 0 Å². The van der Waals surface area contributed by atoms with Crippen LogP contribution in [0, 0.1) is 5.92 Å². The molecule has 6 nitrogen and oxygen atoms in total. The summed E-state index contributed by atoms with van der Waals surface area (Å²) in [6.07, 6.45) is 6.13. The molecule has 0 bridgehead atoms. The summed E-state index contributed by atoms with van der Waals surface area (Å²) in [6, 6.07) is -0.142. The normalized spacial score (nSPS) is 23.9. The fourth-order valence-corrected chi connectivity index (χ4v) is 3.14. The van der Waals surface area contributed by atoms with Crippen LogP contribution in [-0.2, 0) is 4.79 Å². The number of hydrogen-bond acceptors (Lipinski definition) is 4. The molecule has 1 saturated carbocycles. The molecule has 0 aromatic carbocycles. The molecule has 114 valence electrons. The number of imide groups is 1. The first-order valence-electron chi connectivity index (χ1n) is 7.61. The molecule has 1 unspecified atom stereocenters. The van der Waals surface area contributed by atoms with Crippen molar-refractivity contribution in [1.82, 2.24) is 15.5 Å². The van der Waals surface area contributed by atoms with Crippen molar-refractivity contribution in [1.29, 1.82) is 0 Å². The Morgan fingerprint density at radius 3 is 2.65 bits per heavy atom. The molecule has 0 aromatic heterocycles. The van der Waals surface area contributed by atoms with Gasteiger partial charge in [-0.15, -0.1) is 0 Å². The van der Waals surface area contributed by atoms with Crippen LogP contribution in [0.15, 0.2) is 0 Å². The number of urea groups is 1. The summed E-state index contributed by atoms with van der Waals surface area (Å²) in [5.74, 6) is 0.227. The Balaban J connectivity index is 1.63. The Labute approximate surface area is 119 Å². The van der Waals surface area contributed by atoms with Crippen LogP contribution in [0.3, 0.4) is 0 Å². The van der Waals surface area contributed by atoms with Gasteiger partial charge in [-0.05, 0) is 38.1 Å². The number of amides is 3. The molecule has 1 saturated heterocycles. The van der Waals surface area contributed by atoms with E-state index in [4.69, 9.17) is 5.11 Å². The lowest BCUT2D eigenvalue weighted by atomic mass is 10.1. The molecular weight excluding hydrogens is 258 g/mol. The lowest BCUT2D eigenvalue weighted by Gasteiger charge is -2.16. The molecule has 0 aromatic rings. The van der Waals surface area contributed by atoms with E-state index < -0.39 is 0 Å². The summed E-state index contributed by atoms with van der Waals surface area (Å²) in [6.45, 7) is 2.16. The maximum Gasteiger partial charge on any atom is 0.321 e. The summed E-state index contributed by atoms with van der Waals surface area (Å²) in [4.78, 5) is 25.5. The van der Waals surface area contributed by atoms with Crippen molar-refractivity contribution in [3.8, 4) is 0 Å². The topological polar surface area (TPSA) is 81.7 Å². The third-order valence-corrected chi connectivity index (χ3v) is 4.22. The first kappa shape index (κ1) is 15.3. The van der Waals surface area contributed by atoms with E-state index in [2.05, 4.69) is 10.6 Å². The summed E-state index contributed by atoms with van der Waals surface area (Å²) in [5.41, 5.74) is 0. The van der Waals surface area contributed by atoms with E-state index in [0.717, 1.165) is 51.6 Å². The second-order valence-electron chi connectivity index (χ2n) is 5.91. The summed E-state index contributed by atoms with van der Waals surface area (Å²) in [7, 11) is 0. The van der Waals surface area contributed by atoms with Crippen LogP contribution in [0.25, 0.3) is 0 Å². The van der Waals surface area contributed by atoms with Gasteiger partial charge in [-0.1, -0.05) is 12.8 Å². The number of hydrogen-bond donors (Lipinski definition) is 3. The highest BCUT2D eigenvalue weighted by atomic mass is 16.3. The smallest absolute Gasteiger partial charge is 0.321 e. The van der Waals surface area contributed by atoms with Gasteiger partial charge in [0.05, 0.1) is 6.54 Å². The lowest BCUT2D eigenvalue weighted by molar-refractivity contribution is -0.120. The predicted octanol–water partition coefficient (Wildman–Crippen LogP) is 0.459. The fraction of sp³-hybridized carbons (Fsp3) is 0.857. The number of likely N-dealkylation sites (tertiary alicyclic amines) is 1. The maximum absolute atomic E-state index is 11.8. The van der Waals surface area contributed by atoms with Crippen molar-refractivity contribution < 1.29 is 14.7 Å². The van der Waals surface area contributed by atoms with Crippen molar-refractivity contribution in [3.05, 3.63) is 0 Å². The zero-order valence-electron chi connectivity index (χ0n) is 11.9. The van der Waals surface area contributed by atoms with Crippen LogP contribution in [0.1, 0.15) is 38.5 Å². The fourth-order valence-electron chi connectivity index (χ4n) is 3.14. The van der Waals surface area contributed by atoms with Crippen LogP contribution >= 0.6 is 0 Å². The lowest BCUT2D eigenvalue weighted by Crippen LogP contribution is -2.46. The third-order valence-electron chi connectivity index (χ3n) is 4.22. The Morgan fingerprint density at radius 1 is 1.20 bits per heavy atom. The molecule has 3 amide bonds. The molecule has 6 heteroatoms. The molecule has 1 heterocycles. The van der Waals surface area contributed by atoms with Crippen molar-refractivity contribution in [3.63, 3.8) is 0 Å². The van der Waals surface area contributed by atoms with Gasteiger partial charge >= 0.3 is 6.03 Å². The monoisotopic (exact) mass is 283 g/mol. The highest BCUT2D eigenvalue weighted by Gasteiger charge is 2.24. The van der Waals surface area contributed by atoms with Crippen LogP contribution in [0.2, 0.25) is 0 Å². The van der Waals surface area contributed by atoms with E-state index in [1.54, 1.807) is 0 Å². The van der Waals surface area contributed by atoms with E-state index in [0.29, 0.717) is 5.92 Å². The predicted molar refractivity (Wildman–Crippen MR) is 75.2 cm³/mol. The third kappa shape index (κ3) is 4.76. The number of carbonyl (C=O) groups is 2. The number of aliphatic hydroxyl groups excluding tert-OH is 1. The van der Waals surface area contributed by atoms with Gasteiger partial charge in [0, 0.05) is 19.2 Å².